The van der Waals surface area contributed by atoms with Gasteiger partial charge in [-0.05, 0) is 30.9 Å². The van der Waals surface area contributed by atoms with E-state index in [0.29, 0.717) is 13.1 Å². The first-order valence-corrected chi connectivity index (χ1v) is 8.36. The van der Waals surface area contributed by atoms with Gasteiger partial charge < -0.3 is 10.0 Å². The van der Waals surface area contributed by atoms with Crippen molar-refractivity contribution in [3.05, 3.63) is 35.9 Å². The van der Waals surface area contributed by atoms with Gasteiger partial charge >= 0.3 is 5.97 Å². The molecule has 0 radical (unpaired) electrons. The number of amides is 1. The third-order valence-electron chi connectivity index (χ3n) is 5.12. The number of likely N-dealkylation sites (tertiary alicyclic amines) is 2. The zero-order valence-electron chi connectivity index (χ0n) is 13.5. The van der Waals surface area contributed by atoms with Gasteiger partial charge in [-0.1, -0.05) is 37.3 Å². The predicted molar refractivity (Wildman–Crippen MR) is 86.7 cm³/mol. The molecule has 1 unspecified atom stereocenters. The maximum Gasteiger partial charge on any atom is 0.308 e. The van der Waals surface area contributed by atoms with Gasteiger partial charge in [0.05, 0.1) is 12.0 Å². The Hall–Kier alpha value is -1.88. The summed E-state index contributed by atoms with van der Waals surface area (Å²) in [7, 11) is 0. The number of benzene rings is 1. The van der Waals surface area contributed by atoms with Gasteiger partial charge in [-0.15, -0.1) is 0 Å². The number of hydrogen-bond acceptors (Lipinski definition) is 3. The molecular weight excluding hydrogens is 292 g/mol. The lowest BCUT2D eigenvalue weighted by Gasteiger charge is -2.28. The molecule has 2 aliphatic rings. The maximum absolute atomic E-state index is 12.9. The van der Waals surface area contributed by atoms with Crippen molar-refractivity contribution in [1.82, 2.24) is 9.80 Å². The molecule has 1 aromatic carbocycles. The fourth-order valence-electron chi connectivity index (χ4n) is 3.79. The highest BCUT2D eigenvalue weighted by molar-refractivity contribution is 5.83. The Balaban J connectivity index is 1.66. The minimum atomic E-state index is -0.791. The molecule has 3 atom stereocenters. The smallest absolute Gasteiger partial charge is 0.308 e. The molecule has 2 heterocycles. The van der Waals surface area contributed by atoms with Crippen molar-refractivity contribution in [2.24, 2.45) is 11.8 Å². The monoisotopic (exact) mass is 316 g/mol. The largest absolute Gasteiger partial charge is 0.481 e. The number of carbonyl (C=O) groups is 2. The Morgan fingerprint density at radius 2 is 1.96 bits per heavy atom. The van der Waals surface area contributed by atoms with Crippen LogP contribution in [0.5, 0.6) is 0 Å². The molecule has 3 rings (SSSR count). The summed E-state index contributed by atoms with van der Waals surface area (Å²) >= 11 is 0. The second kappa shape index (κ2) is 6.71. The number of rotatable bonds is 4. The minimum Gasteiger partial charge on any atom is -0.481 e. The summed E-state index contributed by atoms with van der Waals surface area (Å²) in [5.41, 5.74) is 1.21. The number of carboxylic acid groups (broad SMARTS) is 1. The standard InChI is InChI=1S/C18H24N2O3/c1-13-10-20(12-15(13)18(22)23)17(21)16-8-5-9-19(16)11-14-6-3-2-4-7-14/h2-4,6-7,13,15-16H,5,8-12H2,1H3,(H,22,23)/t13-,15-,16?/m1/s1. The zero-order chi connectivity index (χ0) is 16.4. The zero-order valence-corrected chi connectivity index (χ0v) is 13.5. The molecule has 1 amide bonds. The van der Waals surface area contributed by atoms with Gasteiger partial charge in [-0.2, -0.15) is 0 Å². The highest BCUT2D eigenvalue weighted by Crippen LogP contribution is 2.27. The Kier molecular flexibility index (Phi) is 4.66. The van der Waals surface area contributed by atoms with Gasteiger partial charge in [0.15, 0.2) is 0 Å². The van der Waals surface area contributed by atoms with E-state index in [2.05, 4.69) is 17.0 Å². The van der Waals surface area contributed by atoms with Gasteiger partial charge in [-0.3, -0.25) is 14.5 Å². The second-order valence-corrected chi connectivity index (χ2v) is 6.78. The Labute approximate surface area is 136 Å². The average Bonchev–Trinajstić information content (AvgIpc) is 3.14. The van der Waals surface area contributed by atoms with Crippen LogP contribution in [0.4, 0.5) is 0 Å². The third kappa shape index (κ3) is 3.39. The number of hydrogen-bond donors (Lipinski definition) is 1. The summed E-state index contributed by atoms with van der Waals surface area (Å²) in [5.74, 6) is -1.09. The van der Waals surface area contributed by atoms with E-state index in [1.54, 1.807) is 4.90 Å². The molecular formula is C18H24N2O3. The Morgan fingerprint density at radius 3 is 2.61 bits per heavy atom. The van der Waals surface area contributed by atoms with E-state index in [9.17, 15) is 14.7 Å². The molecule has 2 saturated heterocycles. The quantitative estimate of drug-likeness (QED) is 0.920. The summed E-state index contributed by atoms with van der Waals surface area (Å²) < 4.78 is 0. The molecule has 2 aliphatic heterocycles. The van der Waals surface area contributed by atoms with E-state index >= 15 is 0 Å². The van der Waals surface area contributed by atoms with Crippen LogP contribution in [-0.2, 0) is 16.1 Å². The van der Waals surface area contributed by atoms with Crippen LogP contribution in [0.25, 0.3) is 0 Å². The van der Waals surface area contributed by atoms with Crippen molar-refractivity contribution in [3.8, 4) is 0 Å². The lowest BCUT2D eigenvalue weighted by molar-refractivity contribution is -0.142. The molecule has 0 spiro atoms. The molecule has 1 N–H and O–H groups in total. The van der Waals surface area contributed by atoms with Crippen LogP contribution in [0.1, 0.15) is 25.3 Å². The van der Waals surface area contributed by atoms with Crippen molar-refractivity contribution in [3.63, 3.8) is 0 Å². The lowest BCUT2D eigenvalue weighted by atomic mass is 9.99. The van der Waals surface area contributed by atoms with Crippen LogP contribution in [-0.4, -0.2) is 52.5 Å². The maximum atomic E-state index is 12.9. The van der Waals surface area contributed by atoms with E-state index in [4.69, 9.17) is 0 Å². The van der Waals surface area contributed by atoms with Gasteiger partial charge in [0.2, 0.25) is 5.91 Å². The van der Waals surface area contributed by atoms with Crippen LogP contribution >= 0.6 is 0 Å². The fourth-order valence-corrected chi connectivity index (χ4v) is 3.79. The first-order valence-electron chi connectivity index (χ1n) is 8.36. The normalized spacial score (nSPS) is 28.2. The predicted octanol–water partition coefficient (Wildman–Crippen LogP) is 1.83. The molecule has 0 bridgehead atoms. The van der Waals surface area contributed by atoms with E-state index in [1.165, 1.54) is 5.56 Å². The first kappa shape index (κ1) is 16.0. The summed E-state index contributed by atoms with van der Waals surface area (Å²) in [6.07, 6.45) is 1.89. The molecule has 0 aliphatic carbocycles. The first-order chi connectivity index (χ1) is 11.1. The van der Waals surface area contributed by atoms with E-state index in [0.717, 1.165) is 25.9 Å². The topological polar surface area (TPSA) is 60.9 Å². The number of aliphatic carboxylic acids is 1. The average molecular weight is 316 g/mol. The van der Waals surface area contributed by atoms with Gasteiger partial charge in [-0.25, -0.2) is 0 Å². The second-order valence-electron chi connectivity index (χ2n) is 6.78. The molecule has 2 fully saturated rings. The fraction of sp³-hybridized carbons (Fsp3) is 0.556. The highest BCUT2D eigenvalue weighted by atomic mass is 16.4. The van der Waals surface area contributed by atoms with Crippen LogP contribution in [0.3, 0.4) is 0 Å². The van der Waals surface area contributed by atoms with Crippen molar-refractivity contribution >= 4 is 11.9 Å². The van der Waals surface area contributed by atoms with Gasteiger partial charge in [0, 0.05) is 19.6 Å². The van der Waals surface area contributed by atoms with Crippen LogP contribution in [0.2, 0.25) is 0 Å². The molecule has 124 valence electrons. The molecule has 23 heavy (non-hydrogen) atoms. The number of nitrogens with zero attached hydrogens (tertiary/aromatic N) is 2. The van der Waals surface area contributed by atoms with Crippen LogP contribution < -0.4 is 0 Å². The SMILES string of the molecule is C[C@@H]1CN(C(=O)C2CCCN2Cc2ccccc2)C[C@H]1C(=O)O. The van der Waals surface area contributed by atoms with Gasteiger partial charge in [0.25, 0.3) is 0 Å². The van der Waals surface area contributed by atoms with Crippen molar-refractivity contribution in [2.45, 2.75) is 32.4 Å². The van der Waals surface area contributed by atoms with Crippen molar-refractivity contribution < 1.29 is 14.7 Å². The minimum absolute atomic E-state index is 0.0282. The van der Waals surface area contributed by atoms with E-state index in [-0.39, 0.29) is 17.9 Å². The molecule has 5 heteroatoms. The molecule has 0 aromatic heterocycles. The van der Waals surface area contributed by atoms with E-state index < -0.39 is 11.9 Å². The summed E-state index contributed by atoms with van der Waals surface area (Å²) in [5, 5.41) is 9.25. The summed E-state index contributed by atoms with van der Waals surface area (Å²) in [4.78, 5) is 28.1. The Morgan fingerprint density at radius 1 is 1.22 bits per heavy atom. The summed E-state index contributed by atoms with van der Waals surface area (Å²) in [6, 6.07) is 10.1. The van der Waals surface area contributed by atoms with Crippen molar-refractivity contribution in [2.75, 3.05) is 19.6 Å². The number of carboxylic acids is 1. The Bertz CT molecular complexity index is 575. The summed E-state index contributed by atoms with van der Waals surface area (Å²) in [6.45, 7) is 4.54. The molecule has 5 nitrogen and oxygen atoms in total. The van der Waals surface area contributed by atoms with Crippen LogP contribution in [0.15, 0.2) is 30.3 Å². The van der Waals surface area contributed by atoms with E-state index in [1.807, 2.05) is 25.1 Å². The van der Waals surface area contributed by atoms with Crippen molar-refractivity contribution in [1.29, 1.82) is 0 Å². The lowest BCUT2D eigenvalue weighted by Crippen LogP contribution is -2.44. The van der Waals surface area contributed by atoms with Gasteiger partial charge in [0.1, 0.15) is 0 Å². The molecule has 0 saturated carbocycles. The highest BCUT2D eigenvalue weighted by Gasteiger charge is 2.41. The number of carbonyl (C=O) groups excluding carboxylic acids is 1. The van der Waals surface area contributed by atoms with Crippen LogP contribution in [0, 0.1) is 11.8 Å². The third-order valence-corrected chi connectivity index (χ3v) is 5.12. The molecule has 1 aromatic rings.